The number of aromatic nitrogens is 1. The average Bonchev–Trinajstić information content (AvgIpc) is 3.29. The molecular formula is C18H20N8O11. The molecule has 2 aromatic rings. The number of H-pyrrole nitrogens is 1. The number of nitrogens with zero attached hydrogens (tertiary/aromatic N) is 4. The molecule has 0 bridgehead atoms. The number of aliphatic carboxylic acids is 1. The van der Waals surface area contributed by atoms with Crippen LogP contribution in [0.3, 0.4) is 0 Å². The fourth-order valence-electron chi connectivity index (χ4n) is 2.50. The third-order valence-corrected chi connectivity index (χ3v) is 4.15. The Morgan fingerprint density at radius 2 is 1.49 bits per heavy atom. The first-order valence-electron chi connectivity index (χ1n) is 9.87. The van der Waals surface area contributed by atoms with Crippen LogP contribution in [0.2, 0.25) is 0 Å². The lowest BCUT2D eigenvalue weighted by Gasteiger charge is -2.02. The summed E-state index contributed by atoms with van der Waals surface area (Å²) in [6.07, 6.45) is 1.10. The van der Waals surface area contributed by atoms with Gasteiger partial charge < -0.3 is 32.0 Å². The number of hydrogen-bond acceptors (Lipinski definition) is 10. The molecule has 0 aliphatic rings. The van der Waals surface area contributed by atoms with Crippen LogP contribution in [0.5, 0.6) is 5.75 Å². The van der Waals surface area contributed by atoms with Gasteiger partial charge in [-0.05, 0) is 25.0 Å². The summed E-state index contributed by atoms with van der Waals surface area (Å²) >= 11 is 0. The molecule has 1 aromatic carbocycles. The first-order chi connectivity index (χ1) is 17.2. The molecular weight excluding hydrogens is 504 g/mol. The summed E-state index contributed by atoms with van der Waals surface area (Å²) in [5.74, 6) is -3.50. The second-order valence-electron chi connectivity index (χ2n) is 6.84. The Kier molecular flexibility index (Phi) is 10.6. The summed E-state index contributed by atoms with van der Waals surface area (Å²) in [5.41, 5.74) is 7.46. The van der Waals surface area contributed by atoms with Gasteiger partial charge >= 0.3 is 17.3 Å². The molecule has 2 amide bonds. The van der Waals surface area contributed by atoms with E-state index < -0.39 is 55.4 Å². The zero-order chi connectivity index (χ0) is 28.3. The summed E-state index contributed by atoms with van der Waals surface area (Å²) in [5, 5.41) is 51.3. The molecule has 0 saturated carbocycles. The highest BCUT2D eigenvalue weighted by Gasteiger charge is 2.30. The van der Waals surface area contributed by atoms with Gasteiger partial charge in [0.25, 0.3) is 23.3 Å². The first-order valence-corrected chi connectivity index (χ1v) is 9.87. The molecule has 0 spiro atoms. The van der Waals surface area contributed by atoms with Gasteiger partial charge in [-0.1, -0.05) is 0 Å². The largest absolute Gasteiger partial charge is 0.497 e. The standard InChI is InChI=1S/C12H17N5O4.C6H3N3O7/c13-12(14)17-11(21)8-5-4-7(16-8)10(20)15-6-2-1-3-9(18)19;10-6-4(8(13)14)1-3(7(11)12)2-5(6)9(15)16/h4-5,16H,1-3,6H2,(H,15,20)(H,18,19)(H4,13,14,17,21);1-2,10H. The molecule has 8 N–H and O–H groups in total. The first kappa shape index (κ1) is 29.4. The van der Waals surface area contributed by atoms with Crippen LogP contribution in [0, 0.1) is 30.3 Å². The van der Waals surface area contributed by atoms with Crippen LogP contribution in [-0.2, 0) is 4.79 Å². The maximum absolute atomic E-state index is 11.7. The number of phenols is 1. The zero-order valence-corrected chi connectivity index (χ0v) is 18.7. The number of guanidine groups is 1. The average molecular weight is 524 g/mol. The maximum Gasteiger partial charge on any atom is 0.324 e. The molecule has 19 nitrogen and oxygen atoms in total. The number of nitro groups is 3. The van der Waals surface area contributed by atoms with Crippen LogP contribution >= 0.6 is 0 Å². The number of benzene rings is 1. The third kappa shape index (κ3) is 9.27. The number of phenolic OH excluding ortho intramolecular Hbond substituents is 1. The lowest BCUT2D eigenvalue weighted by Crippen LogP contribution is -2.25. The minimum Gasteiger partial charge on any atom is -0.497 e. The van der Waals surface area contributed by atoms with Gasteiger partial charge in [-0.3, -0.25) is 44.7 Å². The second kappa shape index (κ2) is 13.3. The predicted molar refractivity (Wildman–Crippen MR) is 123 cm³/mol. The number of carboxylic acids is 1. The van der Waals surface area contributed by atoms with E-state index in [9.17, 15) is 44.7 Å². The predicted octanol–water partition coefficient (Wildman–Crippen LogP) is 0.530. The summed E-state index contributed by atoms with van der Waals surface area (Å²) < 4.78 is 0. The molecule has 1 aromatic heterocycles. The number of nitrogens with two attached hydrogens (primary N) is 2. The Hall–Kier alpha value is -5.62. The van der Waals surface area contributed by atoms with Gasteiger partial charge in [-0.2, -0.15) is 4.99 Å². The number of aliphatic imine (C=N–C) groups is 1. The van der Waals surface area contributed by atoms with Crippen molar-refractivity contribution in [1.29, 1.82) is 0 Å². The number of carbonyl (C=O) groups excluding carboxylic acids is 2. The second-order valence-corrected chi connectivity index (χ2v) is 6.84. The minimum absolute atomic E-state index is 0.0650. The molecule has 0 aliphatic heterocycles. The molecule has 19 heteroatoms. The number of nitrogens with one attached hydrogen (secondary N) is 2. The number of hydrogen-bond donors (Lipinski definition) is 6. The van der Waals surface area contributed by atoms with Gasteiger partial charge in [0.15, 0.2) is 5.96 Å². The Morgan fingerprint density at radius 1 is 0.946 bits per heavy atom. The van der Waals surface area contributed by atoms with E-state index in [2.05, 4.69) is 15.3 Å². The number of rotatable bonds is 10. The van der Waals surface area contributed by atoms with Gasteiger partial charge in [0, 0.05) is 13.0 Å². The Bertz CT molecular complexity index is 1220. The van der Waals surface area contributed by atoms with Crippen LogP contribution < -0.4 is 16.8 Å². The Morgan fingerprint density at radius 3 is 1.95 bits per heavy atom. The number of aromatic amines is 1. The number of aromatic hydroxyl groups is 1. The Balaban J connectivity index is 0.000000384. The number of nitro benzene ring substituents is 3. The number of carbonyl (C=O) groups is 3. The molecule has 0 atom stereocenters. The number of unbranched alkanes of at least 4 members (excludes halogenated alkanes) is 1. The van der Waals surface area contributed by atoms with E-state index in [1.54, 1.807) is 0 Å². The van der Waals surface area contributed by atoms with Gasteiger partial charge in [-0.15, -0.1) is 0 Å². The van der Waals surface area contributed by atoms with E-state index >= 15 is 0 Å². The monoisotopic (exact) mass is 524 g/mol. The molecule has 1 heterocycles. The van der Waals surface area contributed by atoms with Gasteiger partial charge in [0.05, 0.1) is 26.9 Å². The highest BCUT2D eigenvalue weighted by molar-refractivity contribution is 6.02. The maximum atomic E-state index is 11.7. The van der Waals surface area contributed by atoms with Crippen molar-refractivity contribution in [2.45, 2.75) is 19.3 Å². The van der Waals surface area contributed by atoms with Crippen molar-refractivity contribution in [2.24, 2.45) is 16.5 Å². The van der Waals surface area contributed by atoms with Crippen LogP contribution in [0.4, 0.5) is 17.1 Å². The Labute approximate surface area is 205 Å². The van der Waals surface area contributed by atoms with Gasteiger partial charge in [-0.25, -0.2) is 0 Å². The van der Waals surface area contributed by atoms with Crippen molar-refractivity contribution >= 4 is 40.8 Å². The number of amides is 2. The molecule has 2 rings (SSSR count). The molecule has 0 radical (unpaired) electrons. The smallest absolute Gasteiger partial charge is 0.324 e. The van der Waals surface area contributed by atoms with E-state index in [0.717, 1.165) is 0 Å². The highest BCUT2D eigenvalue weighted by Crippen LogP contribution is 2.38. The molecule has 198 valence electrons. The summed E-state index contributed by atoms with van der Waals surface area (Å²) in [6.45, 7) is 0.350. The quantitative estimate of drug-likeness (QED) is 0.0812. The van der Waals surface area contributed by atoms with E-state index in [1.165, 1.54) is 12.1 Å². The fourth-order valence-corrected chi connectivity index (χ4v) is 2.50. The van der Waals surface area contributed by atoms with Gasteiger partial charge in [0.1, 0.15) is 11.4 Å². The summed E-state index contributed by atoms with van der Waals surface area (Å²) in [4.78, 5) is 67.3. The SMILES string of the molecule is NC(N)=NC(=O)c1ccc(C(=O)NCCCCC(=O)O)[nH]1.O=[N+]([O-])c1cc([N+](=O)[O-])c(O)c([N+](=O)[O-])c1. The van der Waals surface area contributed by atoms with E-state index in [-0.39, 0.29) is 23.8 Å². The van der Waals surface area contributed by atoms with E-state index in [0.29, 0.717) is 31.5 Å². The van der Waals surface area contributed by atoms with Crippen molar-refractivity contribution in [1.82, 2.24) is 10.3 Å². The van der Waals surface area contributed by atoms with Crippen molar-refractivity contribution in [3.8, 4) is 5.75 Å². The molecule has 0 saturated heterocycles. The molecule has 0 fully saturated rings. The van der Waals surface area contributed by atoms with Crippen LogP contribution in [0.15, 0.2) is 29.3 Å². The van der Waals surface area contributed by atoms with Crippen molar-refractivity contribution in [2.75, 3.05) is 6.54 Å². The van der Waals surface area contributed by atoms with Crippen LogP contribution in [0.1, 0.15) is 40.2 Å². The van der Waals surface area contributed by atoms with E-state index in [1.807, 2.05) is 0 Å². The normalized spacial score (nSPS) is 9.84. The lowest BCUT2D eigenvalue weighted by molar-refractivity contribution is -0.404. The third-order valence-electron chi connectivity index (χ3n) is 4.15. The van der Waals surface area contributed by atoms with Crippen molar-refractivity contribution in [3.63, 3.8) is 0 Å². The summed E-state index contributed by atoms with van der Waals surface area (Å²) in [7, 11) is 0. The van der Waals surface area contributed by atoms with Crippen molar-refractivity contribution in [3.05, 3.63) is 66.0 Å². The number of non-ortho nitro benzene ring substituents is 1. The lowest BCUT2D eigenvalue weighted by atomic mass is 10.2. The van der Waals surface area contributed by atoms with Crippen LogP contribution in [-0.4, -0.2) is 60.3 Å². The molecule has 0 aliphatic carbocycles. The molecule has 0 unspecified atom stereocenters. The number of carboxylic acid groups (broad SMARTS) is 1. The topological polar surface area (TPSA) is 313 Å². The van der Waals surface area contributed by atoms with Crippen molar-refractivity contribution < 1.29 is 39.4 Å². The van der Waals surface area contributed by atoms with Crippen LogP contribution in [0.25, 0.3) is 0 Å². The highest BCUT2D eigenvalue weighted by atomic mass is 16.6. The summed E-state index contributed by atoms with van der Waals surface area (Å²) in [6, 6.07) is 3.72. The van der Waals surface area contributed by atoms with E-state index in [4.69, 9.17) is 21.7 Å². The zero-order valence-electron chi connectivity index (χ0n) is 18.7. The minimum atomic E-state index is -1.21. The molecule has 37 heavy (non-hydrogen) atoms. The fraction of sp³-hybridized carbons (Fsp3) is 0.222. The van der Waals surface area contributed by atoms with Gasteiger partial charge in [0.2, 0.25) is 0 Å².